The van der Waals surface area contributed by atoms with Crippen LogP contribution in [0.5, 0.6) is 0 Å². The molecule has 6 nitrogen and oxygen atoms in total. The fraction of sp³-hybridized carbons (Fsp3) is 0.875. The molecule has 0 spiro atoms. The molecule has 1 aromatic rings. The Balaban J connectivity index is 1.63. The molecule has 0 aliphatic carbocycles. The Hall–Kier alpha value is -1.14. The van der Waals surface area contributed by atoms with Crippen LogP contribution >= 0.6 is 0 Å². The molecule has 2 N–H and O–H groups in total. The van der Waals surface area contributed by atoms with Crippen LogP contribution in [0, 0.1) is 0 Å². The Morgan fingerprint density at radius 3 is 1.73 bits per heavy atom. The van der Waals surface area contributed by atoms with Gasteiger partial charge in [-0.25, -0.2) is 4.68 Å². The van der Waals surface area contributed by atoms with Gasteiger partial charge in [0.15, 0.2) is 11.6 Å². The fourth-order valence-electron chi connectivity index (χ4n) is 3.72. The zero-order valence-electron chi connectivity index (χ0n) is 14.0. The molecule has 0 radical (unpaired) electrons. The van der Waals surface area contributed by atoms with Crippen LogP contribution in [0.15, 0.2) is 0 Å². The van der Waals surface area contributed by atoms with E-state index in [-0.39, 0.29) is 0 Å². The number of piperidine rings is 2. The van der Waals surface area contributed by atoms with Crippen LogP contribution in [-0.4, -0.2) is 49.8 Å². The molecule has 0 aromatic carbocycles. The summed E-state index contributed by atoms with van der Waals surface area (Å²) >= 11 is 0. The zero-order chi connectivity index (χ0) is 15.5. The maximum Gasteiger partial charge on any atom is 0.165 e. The molecule has 0 saturated carbocycles. The molecule has 2 aliphatic rings. The monoisotopic (exact) mass is 306 g/mol. The lowest BCUT2D eigenvalue weighted by Crippen LogP contribution is -2.39. The predicted octanol–water partition coefficient (Wildman–Crippen LogP) is 1.74. The standard InChI is InChI=1S/C16H30N6/c1-13-7-3-5-9-20(13)11-15-18-19-16(22(15)17)12-21-10-6-4-8-14(21)2/h13-14H,3-12,17H2,1-2H3/t13-,14-/m1/s1. The molecule has 2 fully saturated rings. The molecule has 3 rings (SSSR count). The van der Waals surface area contributed by atoms with Crippen LogP contribution in [0.1, 0.15) is 64.0 Å². The third-order valence-electron chi connectivity index (χ3n) is 5.41. The number of nitrogens with zero attached hydrogens (tertiary/aromatic N) is 5. The SMILES string of the molecule is C[C@@H]1CCCCN1Cc1nnc(CN2CCCC[C@H]2C)n1N. The Morgan fingerprint density at radius 2 is 1.32 bits per heavy atom. The van der Waals surface area contributed by atoms with E-state index in [0.29, 0.717) is 12.1 Å². The van der Waals surface area contributed by atoms with Crippen LogP contribution in [0.3, 0.4) is 0 Å². The van der Waals surface area contributed by atoms with Crippen molar-refractivity contribution in [3.05, 3.63) is 11.6 Å². The summed E-state index contributed by atoms with van der Waals surface area (Å²) < 4.78 is 1.72. The van der Waals surface area contributed by atoms with Gasteiger partial charge < -0.3 is 5.84 Å². The van der Waals surface area contributed by atoms with E-state index in [1.807, 2.05) is 0 Å². The van der Waals surface area contributed by atoms with Gasteiger partial charge in [0.1, 0.15) is 0 Å². The number of rotatable bonds is 4. The average Bonchev–Trinajstić information content (AvgIpc) is 2.85. The Labute approximate surface area is 133 Å². The summed E-state index contributed by atoms with van der Waals surface area (Å²) in [6.07, 6.45) is 7.78. The van der Waals surface area contributed by atoms with Gasteiger partial charge in [-0.1, -0.05) is 12.8 Å². The largest absolute Gasteiger partial charge is 0.336 e. The van der Waals surface area contributed by atoms with Gasteiger partial charge in [0.2, 0.25) is 0 Å². The summed E-state index contributed by atoms with van der Waals surface area (Å²) in [5, 5.41) is 8.71. The first-order valence-corrected chi connectivity index (χ1v) is 8.81. The summed E-state index contributed by atoms with van der Waals surface area (Å²) in [7, 11) is 0. The van der Waals surface area contributed by atoms with Crippen LogP contribution in [0.4, 0.5) is 0 Å². The van der Waals surface area contributed by atoms with Crippen molar-refractivity contribution in [2.75, 3.05) is 18.9 Å². The minimum absolute atomic E-state index is 0.621. The molecule has 22 heavy (non-hydrogen) atoms. The number of nitrogen functional groups attached to an aromatic ring is 1. The van der Waals surface area contributed by atoms with Crippen molar-refractivity contribution in [3.63, 3.8) is 0 Å². The maximum atomic E-state index is 6.27. The predicted molar refractivity (Wildman–Crippen MR) is 87.6 cm³/mol. The van der Waals surface area contributed by atoms with E-state index in [9.17, 15) is 0 Å². The fourth-order valence-corrected chi connectivity index (χ4v) is 3.72. The van der Waals surface area contributed by atoms with E-state index < -0.39 is 0 Å². The highest BCUT2D eigenvalue weighted by Crippen LogP contribution is 2.20. The van der Waals surface area contributed by atoms with Crippen LogP contribution in [-0.2, 0) is 13.1 Å². The van der Waals surface area contributed by atoms with Crippen molar-refractivity contribution in [1.82, 2.24) is 24.7 Å². The maximum absolute atomic E-state index is 6.27. The molecule has 2 saturated heterocycles. The van der Waals surface area contributed by atoms with E-state index in [2.05, 4.69) is 33.8 Å². The number of aromatic nitrogens is 3. The van der Waals surface area contributed by atoms with Gasteiger partial charge in [0.25, 0.3) is 0 Å². The summed E-state index contributed by atoms with van der Waals surface area (Å²) in [6, 6.07) is 1.24. The molecule has 2 aliphatic heterocycles. The highest BCUT2D eigenvalue weighted by Gasteiger charge is 2.23. The molecule has 0 bridgehead atoms. The molecular weight excluding hydrogens is 276 g/mol. The van der Waals surface area contributed by atoms with Gasteiger partial charge in [-0.15, -0.1) is 10.2 Å². The van der Waals surface area contributed by atoms with Crippen molar-refractivity contribution in [1.29, 1.82) is 0 Å². The lowest BCUT2D eigenvalue weighted by Gasteiger charge is -2.33. The third-order valence-corrected chi connectivity index (χ3v) is 5.41. The minimum Gasteiger partial charge on any atom is -0.336 e. The van der Waals surface area contributed by atoms with Crippen molar-refractivity contribution in [2.45, 2.75) is 77.5 Å². The second kappa shape index (κ2) is 6.96. The van der Waals surface area contributed by atoms with E-state index >= 15 is 0 Å². The molecule has 124 valence electrons. The second-order valence-corrected chi connectivity index (χ2v) is 7.03. The highest BCUT2D eigenvalue weighted by atomic mass is 15.4. The molecule has 3 heterocycles. The quantitative estimate of drug-likeness (QED) is 0.859. The first kappa shape index (κ1) is 15.7. The summed E-state index contributed by atoms with van der Waals surface area (Å²) in [6.45, 7) is 8.53. The van der Waals surface area contributed by atoms with E-state index in [0.717, 1.165) is 37.8 Å². The molecular formula is C16H30N6. The summed E-state index contributed by atoms with van der Waals surface area (Å²) in [5.74, 6) is 8.06. The Morgan fingerprint density at radius 1 is 0.864 bits per heavy atom. The molecule has 1 aromatic heterocycles. The van der Waals surface area contributed by atoms with Crippen molar-refractivity contribution in [3.8, 4) is 0 Å². The number of hydrogen-bond donors (Lipinski definition) is 1. The van der Waals surface area contributed by atoms with E-state index in [1.165, 1.54) is 38.5 Å². The van der Waals surface area contributed by atoms with Crippen LogP contribution < -0.4 is 5.84 Å². The molecule has 0 amide bonds. The molecule has 6 heteroatoms. The normalized spacial score (nSPS) is 28.1. The molecule has 2 atom stereocenters. The number of nitrogens with two attached hydrogens (primary N) is 1. The van der Waals surface area contributed by atoms with Crippen molar-refractivity contribution < 1.29 is 0 Å². The Bertz CT molecular complexity index is 443. The Kier molecular flexibility index (Phi) is 4.98. The zero-order valence-corrected chi connectivity index (χ0v) is 14.0. The lowest BCUT2D eigenvalue weighted by atomic mass is 10.0. The van der Waals surface area contributed by atoms with Gasteiger partial charge in [-0.3, -0.25) is 9.80 Å². The number of likely N-dealkylation sites (tertiary alicyclic amines) is 2. The van der Waals surface area contributed by atoms with Crippen LogP contribution in [0.2, 0.25) is 0 Å². The van der Waals surface area contributed by atoms with Gasteiger partial charge in [0.05, 0.1) is 13.1 Å². The average molecular weight is 306 g/mol. The van der Waals surface area contributed by atoms with Crippen LogP contribution in [0.25, 0.3) is 0 Å². The first-order valence-electron chi connectivity index (χ1n) is 8.81. The van der Waals surface area contributed by atoms with Gasteiger partial charge in [0, 0.05) is 12.1 Å². The van der Waals surface area contributed by atoms with E-state index in [4.69, 9.17) is 5.84 Å². The minimum atomic E-state index is 0.621. The summed E-state index contributed by atoms with van der Waals surface area (Å²) in [5.41, 5.74) is 0. The topological polar surface area (TPSA) is 63.2 Å². The van der Waals surface area contributed by atoms with Crippen molar-refractivity contribution >= 4 is 0 Å². The third kappa shape index (κ3) is 3.43. The van der Waals surface area contributed by atoms with Crippen molar-refractivity contribution in [2.24, 2.45) is 0 Å². The van der Waals surface area contributed by atoms with E-state index in [1.54, 1.807) is 4.68 Å². The molecule has 0 unspecified atom stereocenters. The smallest absolute Gasteiger partial charge is 0.165 e. The highest BCUT2D eigenvalue weighted by molar-refractivity contribution is 4.97. The first-order chi connectivity index (χ1) is 10.6. The lowest BCUT2D eigenvalue weighted by molar-refractivity contribution is 0.144. The second-order valence-electron chi connectivity index (χ2n) is 7.03. The number of hydrogen-bond acceptors (Lipinski definition) is 5. The van der Waals surface area contributed by atoms with Gasteiger partial charge >= 0.3 is 0 Å². The van der Waals surface area contributed by atoms with Gasteiger partial charge in [-0.05, 0) is 52.6 Å². The summed E-state index contributed by atoms with van der Waals surface area (Å²) in [4.78, 5) is 4.95. The van der Waals surface area contributed by atoms with Gasteiger partial charge in [-0.2, -0.15) is 0 Å².